The predicted octanol–water partition coefficient (Wildman–Crippen LogP) is 1.87. The minimum atomic E-state index is -0.839. The zero-order valence-electron chi connectivity index (χ0n) is 11.3. The summed E-state index contributed by atoms with van der Waals surface area (Å²) in [6.45, 7) is 4.11. The Kier molecular flexibility index (Phi) is 4.73. The van der Waals surface area contributed by atoms with Gasteiger partial charge in [-0.25, -0.2) is 0 Å². The van der Waals surface area contributed by atoms with Crippen LogP contribution in [0.3, 0.4) is 0 Å². The van der Waals surface area contributed by atoms with Crippen molar-refractivity contribution in [3.05, 3.63) is 29.8 Å². The number of nitrogens with zero attached hydrogens (tertiary/aromatic N) is 1. The van der Waals surface area contributed by atoms with Crippen LogP contribution in [-0.2, 0) is 11.3 Å². The largest absolute Gasteiger partial charge is 0.508 e. The molecule has 0 aliphatic carbocycles. The highest BCUT2D eigenvalue weighted by Crippen LogP contribution is 2.19. The monoisotopic (exact) mass is 250 g/mol. The highest BCUT2D eigenvalue weighted by atomic mass is 16.3. The Balaban J connectivity index is 2.74. The van der Waals surface area contributed by atoms with E-state index in [1.807, 2.05) is 13.0 Å². The van der Waals surface area contributed by atoms with Crippen molar-refractivity contribution in [1.82, 2.24) is 4.90 Å². The molecule has 0 aliphatic rings. The molecule has 0 heterocycles. The minimum absolute atomic E-state index is 0.104. The van der Waals surface area contributed by atoms with Crippen molar-refractivity contribution in [2.24, 2.45) is 5.73 Å². The zero-order chi connectivity index (χ0) is 13.8. The first-order valence-electron chi connectivity index (χ1n) is 6.20. The summed E-state index contributed by atoms with van der Waals surface area (Å²) in [5.41, 5.74) is 5.89. The van der Waals surface area contributed by atoms with E-state index in [1.54, 1.807) is 37.1 Å². The Morgan fingerprint density at radius 3 is 2.61 bits per heavy atom. The van der Waals surface area contributed by atoms with Gasteiger partial charge in [-0.05, 0) is 19.4 Å². The number of hydrogen-bond acceptors (Lipinski definition) is 3. The second-order valence-corrected chi connectivity index (χ2v) is 4.96. The summed E-state index contributed by atoms with van der Waals surface area (Å²) in [5.74, 6) is 0.0963. The van der Waals surface area contributed by atoms with Crippen LogP contribution in [0, 0.1) is 0 Å². The molecule has 1 aromatic rings. The normalized spacial score (nSPS) is 14.0. The fourth-order valence-corrected chi connectivity index (χ4v) is 2.03. The summed E-state index contributed by atoms with van der Waals surface area (Å²) < 4.78 is 0. The fraction of sp³-hybridized carbons (Fsp3) is 0.500. The number of carbonyl (C=O) groups excluding carboxylic acids is 1. The smallest absolute Gasteiger partial charge is 0.242 e. The van der Waals surface area contributed by atoms with Gasteiger partial charge in [-0.2, -0.15) is 0 Å². The fourth-order valence-electron chi connectivity index (χ4n) is 2.03. The lowest BCUT2D eigenvalue weighted by atomic mass is 9.95. The Bertz CT molecular complexity index is 416. The van der Waals surface area contributed by atoms with E-state index in [0.717, 1.165) is 12.0 Å². The molecule has 0 aliphatic heterocycles. The van der Waals surface area contributed by atoms with Crippen LogP contribution in [0.4, 0.5) is 0 Å². The van der Waals surface area contributed by atoms with Crippen LogP contribution in [-0.4, -0.2) is 28.5 Å². The molecule has 0 fully saturated rings. The lowest BCUT2D eigenvalue weighted by Crippen LogP contribution is -2.51. The molecule has 0 radical (unpaired) electrons. The second kappa shape index (κ2) is 5.87. The number of hydrogen-bond donors (Lipinski definition) is 2. The Labute approximate surface area is 108 Å². The van der Waals surface area contributed by atoms with Gasteiger partial charge < -0.3 is 15.7 Å². The molecule has 1 amide bonds. The van der Waals surface area contributed by atoms with Gasteiger partial charge in [-0.1, -0.05) is 31.5 Å². The van der Waals surface area contributed by atoms with Gasteiger partial charge in [0.15, 0.2) is 0 Å². The molecule has 1 atom stereocenters. The summed E-state index contributed by atoms with van der Waals surface area (Å²) in [7, 11) is 1.70. The Morgan fingerprint density at radius 2 is 2.06 bits per heavy atom. The van der Waals surface area contributed by atoms with Crippen LogP contribution in [0.2, 0.25) is 0 Å². The summed E-state index contributed by atoms with van der Waals surface area (Å²) in [4.78, 5) is 13.7. The molecule has 1 rings (SSSR count). The maximum Gasteiger partial charge on any atom is 0.242 e. The summed E-state index contributed by atoms with van der Waals surface area (Å²) in [5, 5.41) is 9.68. The number of likely N-dealkylation sites (N-methyl/N-ethyl adjacent to an activating group) is 1. The molecule has 3 N–H and O–H groups in total. The van der Waals surface area contributed by atoms with Gasteiger partial charge in [0.1, 0.15) is 5.75 Å². The van der Waals surface area contributed by atoms with E-state index >= 15 is 0 Å². The number of aromatic hydroxyl groups is 1. The van der Waals surface area contributed by atoms with E-state index in [1.165, 1.54) is 0 Å². The van der Waals surface area contributed by atoms with Crippen molar-refractivity contribution in [2.75, 3.05) is 7.05 Å². The molecule has 1 unspecified atom stereocenters. The first-order valence-corrected chi connectivity index (χ1v) is 6.20. The molecule has 1 aromatic carbocycles. The minimum Gasteiger partial charge on any atom is -0.508 e. The highest BCUT2D eigenvalue weighted by Gasteiger charge is 2.30. The number of carbonyl (C=O) groups is 1. The first-order chi connectivity index (χ1) is 8.38. The van der Waals surface area contributed by atoms with Crippen LogP contribution in [0.5, 0.6) is 5.75 Å². The molecule has 100 valence electrons. The third-order valence-electron chi connectivity index (χ3n) is 3.00. The van der Waals surface area contributed by atoms with Crippen LogP contribution in [0.15, 0.2) is 24.3 Å². The van der Waals surface area contributed by atoms with Gasteiger partial charge in [0, 0.05) is 19.2 Å². The van der Waals surface area contributed by atoms with E-state index in [2.05, 4.69) is 0 Å². The molecule has 18 heavy (non-hydrogen) atoms. The standard InChI is InChI=1S/C14H22N2O2/c1-4-9-14(2,15)13(18)16(3)10-11-7-5-6-8-12(11)17/h5-8,17H,4,9-10,15H2,1-3H3. The number of phenols is 1. The maximum atomic E-state index is 12.2. The number of para-hydroxylation sites is 1. The highest BCUT2D eigenvalue weighted by molar-refractivity contribution is 5.85. The van der Waals surface area contributed by atoms with E-state index in [4.69, 9.17) is 5.73 Å². The molecular formula is C14H22N2O2. The van der Waals surface area contributed by atoms with Crippen LogP contribution in [0.25, 0.3) is 0 Å². The van der Waals surface area contributed by atoms with Crippen molar-refractivity contribution in [1.29, 1.82) is 0 Å². The van der Waals surface area contributed by atoms with E-state index in [-0.39, 0.29) is 11.7 Å². The molecule has 4 nitrogen and oxygen atoms in total. The van der Waals surface area contributed by atoms with Crippen molar-refractivity contribution in [3.63, 3.8) is 0 Å². The van der Waals surface area contributed by atoms with Crippen LogP contribution >= 0.6 is 0 Å². The zero-order valence-corrected chi connectivity index (χ0v) is 11.3. The third kappa shape index (κ3) is 3.47. The van der Waals surface area contributed by atoms with Gasteiger partial charge in [0.25, 0.3) is 0 Å². The molecule has 4 heteroatoms. The first kappa shape index (κ1) is 14.5. The molecule has 0 saturated carbocycles. The number of nitrogens with two attached hydrogens (primary N) is 1. The van der Waals surface area contributed by atoms with Gasteiger partial charge in [-0.15, -0.1) is 0 Å². The van der Waals surface area contributed by atoms with Gasteiger partial charge in [0.05, 0.1) is 5.54 Å². The maximum absolute atomic E-state index is 12.2. The number of rotatable bonds is 5. The third-order valence-corrected chi connectivity index (χ3v) is 3.00. The lowest BCUT2D eigenvalue weighted by molar-refractivity contribution is -0.135. The average Bonchev–Trinajstić information content (AvgIpc) is 2.31. The van der Waals surface area contributed by atoms with Crippen LogP contribution < -0.4 is 5.73 Å². The lowest BCUT2D eigenvalue weighted by Gasteiger charge is -2.29. The molecule has 0 bridgehead atoms. The number of phenolic OH excluding ortho intramolecular Hbond substituents is 1. The topological polar surface area (TPSA) is 66.6 Å². The van der Waals surface area contributed by atoms with E-state index in [0.29, 0.717) is 13.0 Å². The Hall–Kier alpha value is -1.55. The quantitative estimate of drug-likeness (QED) is 0.838. The molecule has 0 spiro atoms. The summed E-state index contributed by atoms with van der Waals surface area (Å²) >= 11 is 0. The van der Waals surface area contributed by atoms with E-state index < -0.39 is 5.54 Å². The predicted molar refractivity (Wildman–Crippen MR) is 72.1 cm³/mol. The summed E-state index contributed by atoms with van der Waals surface area (Å²) in [6.07, 6.45) is 1.51. The van der Waals surface area contributed by atoms with Crippen molar-refractivity contribution >= 4 is 5.91 Å². The molecule has 0 saturated heterocycles. The van der Waals surface area contributed by atoms with Gasteiger partial charge in [-0.3, -0.25) is 4.79 Å². The summed E-state index contributed by atoms with van der Waals surface area (Å²) in [6, 6.07) is 7.00. The molecule has 0 aromatic heterocycles. The van der Waals surface area contributed by atoms with Crippen molar-refractivity contribution < 1.29 is 9.90 Å². The average molecular weight is 250 g/mol. The second-order valence-electron chi connectivity index (χ2n) is 4.96. The Morgan fingerprint density at radius 1 is 1.44 bits per heavy atom. The molecular weight excluding hydrogens is 228 g/mol. The van der Waals surface area contributed by atoms with Crippen molar-refractivity contribution in [2.45, 2.75) is 38.8 Å². The van der Waals surface area contributed by atoms with Crippen molar-refractivity contribution in [3.8, 4) is 5.75 Å². The van der Waals surface area contributed by atoms with Crippen LogP contribution in [0.1, 0.15) is 32.3 Å². The number of amides is 1. The van der Waals surface area contributed by atoms with Gasteiger partial charge in [0.2, 0.25) is 5.91 Å². The number of benzene rings is 1. The van der Waals surface area contributed by atoms with E-state index in [9.17, 15) is 9.90 Å². The van der Waals surface area contributed by atoms with Gasteiger partial charge >= 0.3 is 0 Å². The SMILES string of the molecule is CCCC(C)(N)C(=O)N(C)Cc1ccccc1O.